The third-order valence-electron chi connectivity index (χ3n) is 5.88. The van der Waals surface area contributed by atoms with Gasteiger partial charge >= 0.3 is 11.9 Å². The lowest BCUT2D eigenvalue weighted by Gasteiger charge is -2.23. The minimum Gasteiger partial charge on any atom is -0.466 e. The quantitative estimate of drug-likeness (QED) is 0.156. The molecule has 0 bridgehead atoms. The molecule has 172 valence electrons. The maximum atomic E-state index is 12.1. The molecule has 0 saturated carbocycles. The van der Waals surface area contributed by atoms with E-state index in [-0.39, 0.29) is 17.9 Å². The van der Waals surface area contributed by atoms with Crippen LogP contribution in [0.3, 0.4) is 0 Å². The maximum absolute atomic E-state index is 12.1. The molecule has 0 N–H and O–H groups in total. The summed E-state index contributed by atoms with van der Waals surface area (Å²) in [6.45, 7) is 9.02. The summed E-state index contributed by atoms with van der Waals surface area (Å²) in [5, 5.41) is 0. The number of carbonyl (C=O) groups excluding carboxylic acids is 2. The Morgan fingerprint density at radius 2 is 1.10 bits per heavy atom. The van der Waals surface area contributed by atoms with Gasteiger partial charge in [0.1, 0.15) is 0 Å². The number of esters is 2. The monoisotopic (exact) mass is 412 g/mol. The molecule has 4 heteroatoms. The number of unbranched alkanes of at least 4 members (excludes halogenated alkanes) is 10. The van der Waals surface area contributed by atoms with Crippen LogP contribution in [0.5, 0.6) is 0 Å². The summed E-state index contributed by atoms with van der Waals surface area (Å²) in [5.41, 5.74) is 0. The Hall–Kier alpha value is -1.06. The van der Waals surface area contributed by atoms with E-state index in [9.17, 15) is 9.59 Å². The molecule has 0 aromatic carbocycles. The molecule has 0 amide bonds. The molecule has 0 radical (unpaired) electrons. The van der Waals surface area contributed by atoms with Crippen molar-refractivity contribution in [1.29, 1.82) is 0 Å². The Morgan fingerprint density at radius 3 is 1.55 bits per heavy atom. The van der Waals surface area contributed by atoms with E-state index in [0.717, 1.165) is 32.1 Å². The Balaban J connectivity index is 3.55. The average molecular weight is 413 g/mol. The SMILES string of the molecule is CCOC(=O)CCCCCCCCCCCCCC(CC)C(CC)C(=O)OCC. The highest BCUT2D eigenvalue weighted by atomic mass is 16.5. The number of hydrogen-bond acceptors (Lipinski definition) is 4. The molecule has 0 heterocycles. The van der Waals surface area contributed by atoms with E-state index in [1.54, 1.807) is 0 Å². The molecule has 29 heavy (non-hydrogen) atoms. The highest BCUT2D eigenvalue weighted by Gasteiger charge is 2.26. The van der Waals surface area contributed by atoms with Crippen LogP contribution in [0.15, 0.2) is 0 Å². The summed E-state index contributed by atoms with van der Waals surface area (Å²) in [5.74, 6) is 0.506. The fourth-order valence-electron chi connectivity index (χ4n) is 4.13. The van der Waals surface area contributed by atoms with E-state index in [1.165, 1.54) is 57.8 Å². The molecular weight excluding hydrogens is 364 g/mol. The van der Waals surface area contributed by atoms with E-state index >= 15 is 0 Å². The highest BCUT2D eigenvalue weighted by Crippen LogP contribution is 2.27. The molecule has 0 fully saturated rings. The molecule has 0 rings (SSSR count). The van der Waals surface area contributed by atoms with Crippen LogP contribution in [0, 0.1) is 11.8 Å². The number of rotatable bonds is 20. The van der Waals surface area contributed by atoms with Gasteiger partial charge in [-0.25, -0.2) is 0 Å². The van der Waals surface area contributed by atoms with Gasteiger partial charge in [-0.15, -0.1) is 0 Å². The maximum Gasteiger partial charge on any atom is 0.309 e. The Kier molecular flexibility index (Phi) is 19.5. The molecule has 0 spiro atoms. The van der Waals surface area contributed by atoms with E-state index in [2.05, 4.69) is 13.8 Å². The van der Waals surface area contributed by atoms with Crippen molar-refractivity contribution < 1.29 is 19.1 Å². The molecule has 0 aromatic heterocycles. The van der Waals surface area contributed by atoms with Gasteiger partial charge < -0.3 is 9.47 Å². The van der Waals surface area contributed by atoms with Gasteiger partial charge in [0.2, 0.25) is 0 Å². The number of ether oxygens (including phenoxy) is 2. The van der Waals surface area contributed by atoms with Crippen LogP contribution in [-0.2, 0) is 19.1 Å². The van der Waals surface area contributed by atoms with Crippen LogP contribution in [0.25, 0.3) is 0 Å². The Bertz CT molecular complexity index is 394. The lowest BCUT2D eigenvalue weighted by Crippen LogP contribution is -2.25. The zero-order chi connectivity index (χ0) is 21.7. The second kappa shape index (κ2) is 20.2. The first-order chi connectivity index (χ1) is 14.1. The van der Waals surface area contributed by atoms with E-state index in [4.69, 9.17) is 9.47 Å². The van der Waals surface area contributed by atoms with Gasteiger partial charge in [0.25, 0.3) is 0 Å². The van der Waals surface area contributed by atoms with Crippen molar-refractivity contribution in [3.8, 4) is 0 Å². The van der Waals surface area contributed by atoms with Crippen LogP contribution in [0.2, 0.25) is 0 Å². The number of carbonyl (C=O) groups is 2. The lowest BCUT2D eigenvalue weighted by atomic mass is 9.84. The predicted octanol–water partition coefficient (Wildman–Crippen LogP) is 7.24. The van der Waals surface area contributed by atoms with Crippen molar-refractivity contribution in [2.75, 3.05) is 13.2 Å². The fraction of sp³-hybridized carbons (Fsp3) is 0.920. The second-order valence-electron chi connectivity index (χ2n) is 8.17. The molecule has 0 aliphatic carbocycles. The third kappa shape index (κ3) is 15.4. The molecule has 2 unspecified atom stereocenters. The van der Waals surface area contributed by atoms with Crippen LogP contribution in [0.1, 0.15) is 124 Å². The molecule has 0 saturated heterocycles. The van der Waals surface area contributed by atoms with Gasteiger partial charge in [-0.05, 0) is 39.0 Å². The molecule has 2 atom stereocenters. The van der Waals surface area contributed by atoms with Crippen LogP contribution >= 0.6 is 0 Å². The first kappa shape index (κ1) is 27.9. The topological polar surface area (TPSA) is 52.6 Å². The first-order valence-electron chi connectivity index (χ1n) is 12.4. The minimum atomic E-state index is -0.0520. The number of hydrogen-bond donors (Lipinski definition) is 0. The van der Waals surface area contributed by atoms with Crippen molar-refractivity contribution >= 4 is 11.9 Å². The largest absolute Gasteiger partial charge is 0.466 e. The van der Waals surface area contributed by atoms with Gasteiger partial charge in [-0.2, -0.15) is 0 Å². The third-order valence-corrected chi connectivity index (χ3v) is 5.88. The molecular formula is C25H48O4. The van der Waals surface area contributed by atoms with Crippen molar-refractivity contribution in [3.63, 3.8) is 0 Å². The molecule has 0 aliphatic rings. The average Bonchev–Trinajstić information content (AvgIpc) is 2.70. The Labute approximate surface area is 180 Å². The second-order valence-corrected chi connectivity index (χ2v) is 8.17. The smallest absolute Gasteiger partial charge is 0.309 e. The van der Waals surface area contributed by atoms with Crippen molar-refractivity contribution in [1.82, 2.24) is 0 Å². The summed E-state index contributed by atoms with van der Waals surface area (Å²) in [4.78, 5) is 23.3. The predicted molar refractivity (Wildman–Crippen MR) is 121 cm³/mol. The van der Waals surface area contributed by atoms with Crippen molar-refractivity contribution in [2.45, 2.75) is 124 Å². The zero-order valence-corrected chi connectivity index (χ0v) is 19.8. The van der Waals surface area contributed by atoms with Gasteiger partial charge in [-0.3, -0.25) is 9.59 Å². The summed E-state index contributed by atoms with van der Waals surface area (Å²) in [6.07, 6.45) is 17.4. The molecule has 0 aromatic rings. The highest BCUT2D eigenvalue weighted by molar-refractivity contribution is 5.72. The van der Waals surface area contributed by atoms with E-state index < -0.39 is 0 Å². The Morgan fingerprint density at radius 1 is 0.621 bits per heavy atom. The minimum absolute atomic E-state index is 0.00254. The van der Waals surface area contributed by atoms with Crippen LogP contribution in [0.4, 0.5) is 0 Å². The summed E-state index contributed by atoms with van der Waals surface area (Å²) in [7, 11) is 0. The van der Waals surface area contributed by atoms with Crippen molar-refractivity contribution in [2.24, 2.45) is 11.8 Å². The van der Waals surface area contributed by atoms with Gasteiger partial charge in [0.15, 0.2) is 0 Å². The van der Waals surface area contributed by atoms with E-state index in [0.29, 0.717) is 25.6 Å². The standard InChI is InChI=1S/C25H48O4/c1-5-22(23(6-2)25(27)29-8-4)20-18-16-14-12-10-9-11-13-15-17-19-21-24(26)28-7-3/h22-23H,5-21H2,1-4H3. The fourth-order valence-corrected chi connectivity index (χ4v) is 4.13. The normalized spacial score (nSPS) is 13.1. The molecule has 4 nitrogen and oxygen atoms in total. The first-order valence-corrected chi connectivity index (χ1v) is 12.4. The summed E-state index contributed by atoms with van der Waals surface area (Å²) < 4.78 is 10.2. The zero-order valence-electron chi connectivity index (χ0n) is 19.8. The summed E-state index contributed by atoms with van der Waals surface area (Å²) >= 11 is 0. The van der Waals surface area contributed by atoms with E-state index in [1.807, 2.05) is 13.8 Å². The molecule has 0 aliphatic heterocycles. The summed E-state index contributed by atoms with van der Waals surface area (Å²) in [6, 6.07) is 0. The lowest BCUT2D eigenvalue weighted by molar-refractivity contribution is -0.150. The van der Waals surface area contributed by atoms with Crippen LogP contribution < -0.4 is 0 Å². The van der Waals surface area contributed by atoms with Gasteiger partial charge in [0, 0.05) is 6.42 Å². The van der Waals surface area contributed by atoms with Gasteiger partial charge in [-0.1, -0.05) is 84.5 Å². The van der Waals surface area contributed by atoms with Crippen molar-refractivity contribution in [3.05, 3.63) is 0 Å². The van der Waals surface area contributed by atoms with Crippen LogP contribution in [-0.4, -0.2) is 25.2 Å². The van der Waals surface area contributed by atoms with Gasteiger partial charge in [0.05, 0.1) is 19.1 Å².